The van der Waals surface area contributed by atoms with Gasteiger partial charge in [0, 0.05) is 23.2 Å². The Kier molecular flexibility index (Phi) is 4.69. The van der Waals surface area contributed by atoms with Gasteiger partial charge >= 0.3 is 5.97 Å². The van der Waals surface area contributed by atoms with Crippen LogP contribution in [0.15, 0.2) is 5.38 Å². The van der Waals surface area contributed by atoms with E-state index in [1.807, 2.05) is 19.2 Å². The zero-order valence-corrected chi connectivity index (χ0v) is 11.1. The van der Waals surface area contributed by atoms with Crippen molar-refractivity contribution in [3.8, 4) is 0 Å². The van der Waals surface area contributed by atoms with Gasteiger partial charge in [0.15, 0.2) is 0 Å². The Balaban J connectivity index is 2.50. The Labute approximate surface area is 105 Å². The van der Waals surface area contributed by atoms with Crippen LogP contribution in [0.5, 0.6) is 0 Å². The van der Waals surface area contributed by atoms with Gasteiger partial charge in [-0.05, 0) is 25.3 Å². The summed E-state index contributed by atoms with van der Waals surface area (Å²) in [5, 5.41) is 13.2. The second-order valence-electron chi connectivity index (χ2n) is 4.24. The topological polar surface area (TPSA) is 66.4 Å². The first-order chi connectivity index (χ1) is 7.91. The number of amides is 1. The van der Waals surface area contributed by atoms with Gasteiger partial charge < -0.3 is 10.4 Å². The molecule has 0 saturated carbocycles. The van der Waals surface area contributed by atoms with Crippen LogP contribution in [-0.2, 0) is 4.79 Å². The predicted octanol–water partition coefficient (Wildman–Crippen LogP) is 2.21. The summed E-state index contributed by atoms with van der Waals surface area (Å²) < 4.78 is 0. The standard InChI is InChI=1S/C12H17NO3S/c1-7(4-11(14)15)5-13-12(16)10-6-17-9(3)8(10)2/h6-7H,4-5H2,1-3H3,(H,13,16)(H,14,15). The van der Waals surface area contributed by atoms with Crippen LogP contribution in [0.4, 0.5) is 0 Å². The maximum Gasteiger partial charge on any atom is 0.303 e. The maximum absolute atomic E-state index is 11.8. The van der Waals surface area contributed by atoms with E-state index in [0.29, 0.717) is 12.1 Å². The van der Waals surface area contributed by atoms with Gasteiger partial charge in [-0.2, -0.15) is 0 Å². The van der Waals surface area contributed by atoms with Crippen LogP contribution in [0, 0.1) is 19.8 Å². The minimum Gasteiger partial charge on any atom is -0.481 e. The van der Waals surface area contributed by atoms with Gasteiger partial charge in [-0.3, -0.25) is 9.59 Å². The Hall–Kier alpha value is -1.36. The summed E-state index contributed by atoms with van der Waals surface area (Å²) in [6.07, 6.45) is 0.0714. The van der Waals surface area contributed by atoms with E-state index in [9.17, 15) is 9.59 Å². The molecule has 2 N–H and O–H groups in total. The quantitative estimate of drug-likeness (QED) is 0.847. The lowest BCUT2D eigenvalue weighted by molar-refractivity contribution is -0.137. The van der Waals surface area contributed by atoms with E-state index in [0.717, 1.165) is 10.4 Å². The number of rotatable bonds is 5. The molecule has 1 heterocycles. The number of aliphatic carboxylic acids is 1. The van der Waals surface area contributed by atoms with Gasteiger partial charge in [0.25, 0.3) is 5.91 Å². The van der Waals surface area contributed by atoms with E-state index in [-0.39, 0.29) is 18.2 Å². The Morgan fingerprint density at radius 3 is 2.59 bits per heavy atom. The van der Waals surface area contributed by atoms with Crippen LogP contribution in [0.1, 0.15) is 34.1 Å². The van der Waals surface area contributed by atoms with Crippen molar-refractivity contribution in [2.75, 3.05) is 6.54 Å². The molecule has 0 aliphatic heterocycles. The molecular weight excluding hydrogens is 238 g/mol. The molecule has 4 nitrogen and oxygen atoms in total. The summed E-state index contributed by atoms with van der Waals surface area (Å²) in [5.74, 6) is -1.02. The summed E-state index contributed by atoms with van der Waals surface area (Å²) in [5.41, 5.74) is 1.69. The van der Waals surface area contributed by atoms with Crippen molar-refractivity contribution in [2.24, 2.45) is 5.92 Å². The first kappa shape index (κ1) is 13.7. The second-order valence-corrected chi connectivity index (χ2v) is 5.33. The molecule has 1 aromatic heterocycles. The van der Waals surface area contributed by atoms with E-state index >= 15 is 0 Å². The normalized spacial score (nSPS) is 12.2. The fourth-order valence-electron chi connectivity index (χ4n) is 1.47. The molecule has 1 rings (SSSR count). The largest absolute Gasteiger partial charge is 0.481 e. The first-order valence-corrected chi connectivity index (χ1v) is 6.34. The molecule has 0 aromatic carbocycles. The Morgan fingerprint density at radius 1 is 1.47 bits per heavy atom. The van der Waals surface area contributed by atoms with Gasteiger partial charge in [0.1, 0.15) is 0 Å². The fraction of sp³-hybridized carbons (Fsp3) is 0.500. The van der Waals surface area contributed by atoms with Crippen LogP contribution in [0.2, 0.25) is 0 Å². The van der Waals surface area contributed by atoms with Gasteiger partial charge in [-0.1, -0.05) is 6.92 Å². The van der Waals surface area contributed by atoms with E-state index in [1.165, 1.54) is 0 Å². The summed E-state index contributed by atoms with van der Waals surface area (Å²) in [6.45, 7) is 6.09. The fourth-order valence-corrected chi connectivity index (χ4v) is 2.34. The number of aryl methyl sites for hydroxylation is 1. The molecule has 1 aromatic rings. The van der Waals surface area contributed by atoms with Crippen molar-refractivity contribution < 1.29 is 14.7 Å². The molecule has 0 aliphatic rings. The van der Waals surface area contributed by atoms with E-state index < -0.39 is 5.97 Å². The number of nitrogens with one attached hydrogen (secondary N) is 1. The number of carboxylic acids is 1. The summed E-state index contributed by atoms with van der Waals surface area (Å²) in [7, 11) is 0. The number of hydrogen-bond acceptors (Lipinski definition) is 3. The van der Waals surface area contributed by atoms with Crippen LogP contribution >= 0.6 is 11.3 Å². The lowest BCUT2D eigenvalue weighted by Gasteiger charge is -2.10. The number of thiophene rings is 1. The summed E-state index contributed by atoms with van der Waals surface area (Å²) >= 11 is 1.55. The van der Waals surface area contributed by atoms with Gasteiger partial charge in [-0.25, -0.2) is 0 Å². The van der Waals surface area contributed by atoms with Crippen molar-refractivity contribution in [3.05, 3.63) is 21.4 Å². The highest BCUT2D eigenvalue weighted by molar-refractivity contribution is 7.10. The molecule has 0 spiro atoms. The number of carboxylic acid groups (broad SMARTS) is 1. The maximum atomic E-state index is 11.8. The molecule has 94 valence electrons. The molecule has 0 fully saturated rings. The van der Waals surface area contributed by atoms with Crippen molar-refractivity contribution in [1.82, 2.24) is 5.32 Å². The highest BCUT2D eigenvalue weighted by Gasteiger charge is 2.14. The summed E-state index contributed by atoms with van der Waals surface area (Å²) in [4.78, 5) is 23.4. The molecule has 17 heavy (non-hydrogen) atoms. The smallest absolute Gasteiger partial charge is 0.303 e. The van der Waals surface area contributed by atoms with Crippen LogP contribution in [0.25, 0.3) is 0 Å². The molecule has 1 amide bonds. The number of carbonyl (C=O) groups is 2. The average molecular weight is 255 g/mol. The third-order valence-electron chi connectivity index (χ3n) is 2.66. The average Bonchev–Trinajstić information content (AvgIpc) is 2.55. The third-order valence-corrected chi connectivity index (χ3v) is 3.68. The lowest BCUT2D eigenvalue weighted by atomic mass is 10.1. The minimum absolute atomic E-state index is 0.0588. The zero-order valence-electron chi connectivity index (χ0n) is 10.2. The van der Waals surface area contributed by atoms with Gasteiger partial charge in [-0.15, -0.1) is 11.3 Å². The van der Waals surface area contributed by atoms with Crippen LogP contribution < -0.4 is 5.32 Å². The summed E-state index contributed by atoms with van der Waals surface area (Å²) in [6, 6.07) is 0. The number of hydrogen-bond donors (Lipinski definition) is 2. The molecular formula is C12H17NO3S. The molecule has 0 radical (unpaired) electrons. The van der Waals surface area contributed by atoms with E-state index in [2.05, 4.69) is 5.32 Å². The minimum atomic E-state index is -0.839. The predicted molar refractivity (Wildman–Crippen MR) is 67.5 cm³/mol. The van der Waals surface area contributed by atoms with Crippen molar-refractivity contribution in [2.45, 2.75) is 27.2 Å². The molecule has 1 unspecified atom stereocenters. The van der Waals surface area contributed by atoms with Crippen LogP contribution in [-0.4, -0.2) is 23.5 Å². The SMILES string of the molecule is Cc1scc(C(=O)NCC(C)CC(=O)O)c1C. The highest BCUT2D eigenvalue weighted by Crippen LogP contribution is 2.20. The van der Waals surface area contributed by atoms with Crippen molar-refractivity contribution in [3.63, 3.8) is 0 Å². The van der Waals surface area contributed by atoms with Gasteiger partial charge in [0.2, 0.25) is 0 Å². The molecule has 5 heteroatoms. The Morgan fingerprint density at radius 2 is 2.12 bits per heavy atom. The monoisotopic (exact) mass is 255 g/mol. The van der Waals surface area contributed by atoms with Crippen molar-refractivity contribution in [1.29, 1.82) is 0 Å². The molecule has 1 atom stereocenters. The Bertz CT molecular complexity index is 425. The van der Waals surface area contributed by atoms with Crippen LogP contribution in [0.3, 0.4) is 0 Å². The second kappa shape index (κ2) is 5.82. The van der Waals surface area contributed by atoms with E-state index in [4.69, 9.17) is 5.11 Å². The highest BCUT2D eigenvalue weighted by atomic mass is 32.1. The first-order valence-electron chi connectivity index (χ1n) is 5.46. The number of carbonyl (C=O) groups excluding carboxylic acids is 1. The molecule has 0 saturated heterocycles. The zero-order chi connectivity index (χ0) is 13.0. The molecule has 0 bridgehead atoms. The lowest BCUT2D eigenvalue weighted by Crippen LogP contribution is -2.29. The van der Waals surface area contributed by atoms with Crippen molar-refractivity contribution >= 4 is 23.2 Å². The third kappa shape index (κ3) is 3.85. The molecule has 0 aliphatic carbocycles. The van der Waals surface area contributed by atoms with Gasteiger partial charge in [0.05, 0.1) is 5.56 Å². The van der Waals surface area contributed by atoms with E-state index in [1.54, 1.807) is 18.3 Å².